The molecule has 0 aliphatic heterocycles. The Morgan fingerprint density at radius 2 is 2.33 bits per heavy atom. The predicted octanol–water partition coefficient (Wildman–Crippen LogP) is -0.314. The summed E-state index contributed by atoms with van der Waals surface area (Å²) in [5, 5.41) is 0. The van der Waals surface area contributed by atoms with Crippen LogP contribution in [0.15, 0.2) is 0 Å². The molecule has 4 nitrogen and oxygen atoms in total. The second kappa shape index (κ2) is 4.29. The summed E-state index contributed by atoms with van der Waals surface area (Å²) < 4.78 is 4.39. The van der Waals surface area contributed by atoms with Gasteiger partial charge in [0, 0.05) is 0 Å². The van der Waals surface area contributed by atoms with Gasteiger partial charge in [0.25, 0.3) is 0 Å². The first kappa shape index (κ1) is 8.39. The molecule has 0 aromatic rings. The van der Waals surface area contributed by atoms with E-state index in [1.54, 1.807) is 6.92 Å². The summed E-state index contributed by atoms with van der Waals surface area (Å²) in [4.78, 5) is 14.8. The van der Waals surface area contributed by atoms with Crippen LogP contribution in [0.25, 0.3) is 0 Å². The number of esters is 1. The van der Waals surface area contributed by atoms with Crippen molar-refractivity contribution < 1.29 is 14.4 Å². The summed E-state index contributed by atoms with van der Waals surface area (Å²) >= 11 is 0. The number of nitrogens with two attached hydrogens (primary N) is 1. The van der Waals surface area contributed by atoms with Crippen molar-refractivity contribution in [2.75, 3.05) is 13.7 Å². The molecular weight excluding hydrogens is 122 g/mol. The standard InChI is InChI=1S/C5H11NO3/c1-4(3-9-6)5(7)8-2/h4H,3,6H2,1-2H3/t4-/m0/s1. The van der Waals surface area contributed by atoms with Gasteiger partial charge >= 0.3 is 5.97 Å². The fourth-order valence-corrected chi connectivity index (χ4v) is 0.414. The highest BCUT2D eigenvalue weighted by atomic mass is 16.6. The minimum Gasteiger partial charge on any atom is -0.469 e. The highest BCUT2D eigenvalue weighted by Gasteiger charge is 2.11. The zero-order valence-corrected chi connectivity index (χ0v) is 5.59. The predicted molar refractivity (Wildman–Crippen MR) is 31.3 cm³/mol. The molecule has 0 fully saturated rings. The van der Waals surface area contributed by atoms with E-state index < -0.39 is 0 Å². The summed E-state index contributed by atoms with van der Waals surface area (Å²) in [6, 6.07) is 0. The first-order valence-corrected chi connectivity index (χ1v) is 2.62. The zero-order chi connectivity index (χ0) is 7.28. The van der Waals surface area contributed by atoms with Crippen molar-refractivity contribution in [2.24, 2.45) is 11.8 Å². The molecule has 1 atom stereocenters. The second-order valence-corrected chi connectivity index (χ2v) is 1.76. The van der Waals surface area contributed by atoms with Gasteiger partial charge in [-0.3, -0.25) is 4.79 Å². The summed E-state index contributed by atoms with van der Waals surface area (Å²) in [5.74, 6) is 4.13. The van der Waals surface area contributed by atoms with E-state index in [-0.39, 0.29) is 18.5 Å². The molecule has 2 N–H and O–H groups in total. The van der Waals surface area contributed by atoms with Crippen LogP contribution in [0, 0.1) is 5.92 Å². The molecule has 0 radical (unpaired) electrons. The summed E-state index contributed by atoms with van der Waals surface area (Å²) in [5.41, 5.74) is 0. The van der Waals surface area contributed by atoms with Crippen LogP contribution in [0.1, 0.15) is 6.92 Å². The van der Waals surface area contributed by atoms with Gasteiger partial charge in [-0.2, -0.15) is 0 Å². The van der Waals surface area contributed by atoms with E-state index in [1.807, 2.05) is 0 Å². The summed E-state index contributed by atoms with van der Waals surface area (Å²) in [6.07, 6.45) is 0. The van der Waals surface area contributed by atoms with Crippen LogP contribution in [0.2, 0.25) is 0 Å². The third-order valence-electron chi connectivity index (χ3n) is 0.950. The Morgan fingerprint density at radius 1 is 1.78 bits per heavy atom. The van der Waals surface area contributed by atoms with Crippen LogP contribution >= 0.6 is 0 Å². The number of ether oxygens (including phenoxy) is 1. The molecule has 0 unspecified atom stereocenters. The quantitative estimate of drug-likeness (QED) is 0.423. The van der Waals surface area contributed by atoms with Crippen LogP contribution in [0.4, 0.5) is 0 Å². The topological polar surface area (TPSA) is 61.5 Å². The lowest BCUT2D eigenvalue weighted by Crippen LogP contribution is -2.20. The molecule has 0 aliphatic carbocycles. The molecule has 0 saturated carbocycles. The van der Waals surface area contributed by atoms with Crippen molar-refractivity contribution in [1.29, 1.82) is 0 Å². The fourth-order valence-electron chi connectivity index (χ4n) is 0.414. The molecule has 9 heavy (non-hydrogen) atoms. The molecule has 0 aromatic carbocycles. The van der Waals surface area contributed by atoms with Crippen LogP contribution in [0.3, 0.4) is 0 Å². The normalized spacial score (nSPS) is 12.8. The molecule has 0 rings (SSSR count). The van der Waals surface area contributed by atoms with Gasteiger partial charge < -0.3 is 9.57 Å². The largest absolute Gasteiger partial charge is 0.469 e. The lowest BCUT2D eigenvalue weighted by Gasteiger charge is -2.05. The summed E-state index contributed by atoms with van der Waals surface area (Å²) in [6.45, 7) is 1.88. The second-order valence-electron chi connectivity index (χ2n) is 1.76. The maximum Gasteiger partial charge on any atom is 0.310 e. The first-order valence-electron chi connectivity index (χ1n) is 2.62. The summed E-state index contributed by atoms with van der Waals surface area (Å²) in [7, 11) is 1.33. The molecule has 0 heterocycles. The van der Waals surface area contributed by atoms with Crippen LogP contribution < -0.4 is 5.90 Å². The minimum absolute atomic E-state index is 0.201. The Kier molecular flexibility index (Phi) is 4.00. The molecular formula is C5H11NO3. The van der Waals surface area contributed by atoms with Crippen molar-refractivity contribution in [3.8, 4) is 0 Å². The smallest absolute Gasteiger partial charge is 0.310 e. The van der Waals surface area contributed by atoms with Gasteiger partial charge in [0.1, 0.15) is 0 Å². The fraction of sp³-hybridized carbons (Fsp3) is 0.800. The third-order valence-corrected chi connectivity index (χ3v) is 0.950. The van der Waals surface area contributed by atoms with Gasteiger partial charge in [-0.05, 0) is 6.92 Å². The SMILES string of the molecule is COC(=O)[C@@H](C)CON. The van der Waals surface area contributed by atoms with Crippen molar-refractivity contribution in [2.45, 2.75) is 6.92 Å². The van der Waals surface area contributed by atoms with Gasteiger partial charge in [-0.15, -0.1) is 0 Å². The van der Waals surface area contributed by atoms with E-state index >= 15 is 0 Å². The van der Waals surface area contributed by atoms with Gasteiger partial charge in [-0.1, -0.05) is 0 Å². The van der Waals surface area contributed by atoms with Crippen molar-refractivity contribution in [1.82, 2.24) is 0 Å². The molecule has 0 aliphatic rings. The average molecular weight is 133 g/mol. The molecule has 54 valence electrons. The van der Waals surface area contributed by atoms with E-state index in [4.69, 9.17) is 5.90 Å². The third kappa shape index (κ3) is 3.05. The highest BCUT2D eigenvalue weighted by molar-refractivity contribution is 5.71. The maximum absolute atomic E-state index is 10.5. The number of carbonyl (C=O) groups is 1. The van der Waals surface area contributed by atoms with Crippen LogP contribution in [0.5, 0.6) is 0 Å². The molecule has 0 saturated heterocycles. The molecule has 0 aromatic heterocycles. The van der Waals surface area contributed by atoms with Crippen molar-refractivity contribution in [3.63, 3.8) is 0 Å². The Balaban J connectivity index is 3.45. The van der Waals surface area contributed by atoms with E-state index in [2.05, 4.69) is 9.57 Å². The van der Waals surface area contributed by atoms with Crippen molar-refractivity contribution in [3.05, 3.63) is 0 Å². The van der Waals surface area contributed by atoms with Gasteiger partial charge in [0.05, 0.1) is 19.6 Å². The van der Waals surface area contributed by atoms with Crippen LogP contribution in [-0.4, -0.2) is 19.7 Å². The Morgan fingerprint density at radius 3 is 2.67 bits per heavy atom. The number of hydrogen-bond acceptors (Lipinski definition) is 4. The number of methoxy groups -OCH3 is 1. The molecule has 0 amide bonds. The first-order chi connectivity index (χ1) is 4.22. The van der Waals surface area contributed by atoms with Gasteiger partial charge in [0.2, 0.25) is 0 Å². The number of hydrogen-bond donors (Lipinski definition) is 1. The van der Waals surface area contributed by atoms with Gasteiger partial charge in [0.15, 0.2) is 0 Å². The van der Waals surface area contributed by atoms with E-state index in [0.29, 0.717) is 0 Å². The highest BCUT2D eigenvalue weighted by Crippen LogP contribution is 1.95. The minimum atomic E-state index is -0.305. The van der Waals surface area contributed by atoms with E-state index in [9.17, 15) is 4.79 Å². The van der Waals surface area contributed by atoms with Crippen LogP contribution in [-0.2, 0) is 14.4 Å². The molecule has 0 spiro atoms. The lowest BCUT2D eigenvalue weighted by molar-refractivity contribution is -0.146. The maximum atomic E-state index is 10.5. The zero-order valence-electron chi connectivity index (χ0n) is 5.59. The average Bonchev–Trinajstić information content (AvgIpc) is 1.87. The monoisotopic (exact) mass is 133 g/mol. The molecule has 4 heteroatoms. The van der Waals surface area contributed by atoms with Gasteiger partial charge in [-0.25, -0.2) is 5.90 Å². The van der Waals surface area contributed by atoms with E-state index in [1.165, 1.54) is 7.11 Å². The molecule has 0 bridgehead atoms. The van der Waals surface area contributed by atoms with Crippen molar-refractivity contribution >= 4 is 5.97 Å². The Labute approximate surface area is 53.9 Å². The Hall–Kier alpha value is -0.610. The number of rotatable bonds is 3. The lowest BCUT2D eigenvalue weighted by atomic mass is 10.2. The number of carbonyl (C=O) groups excluding carboxylic acids is 1. The Bertz CT molecular complexity index is 94.2. The van der Waals surface area contributed by atoms with E-state index in [0.717, 1.165) is 0 Å².